The highest BCUT2D eigenvalue weighted by atomic mass is 32.1. The predicted octanol–water partition coefficient (Wildman–Crippen LogP) is 4.85. The van der Waals surface area contributed by atoms with Gasteiger partial charge in [-0.2, -0.15) is 0 Å². The first kappa shape index (κ1) is 24.2. The second-order valence-corrected chi connectivity index (χ2v) is 7.64. The van der Waals surface area contributed by atoms with E-state index in [1.807, 2.05) is 42.5 Å². The van der Waals surface area contributed by atoms with Crippen LogP contribution in [0.5, 0.6) is 11.5 Å². The molecule has 2 N–H and O–H groups in total. The molecular formula is C26H28N2O4S. The number of ether oxygens (including phenoxy) is 3. The van der Waals surface area contributed by atoms with Gasteiger partial charge in [-0.25, -0.2) is 0 Å². The summed E-state index contributed by atoms with van der Waals surface area (Å²) in [4.78, 5) is 12.4. The van der Waals surface area contributed by atoms with Crippen LogP contribution < -0.4 is 20.1 Å². The number of aryl methyl sites for hydroxylation is 1. The van der Waals surface area contributed by atoms with E-state index in [1.165, 1.54) is 5.56 Å². The Morgan fingerprint density at radius 1 is 0.818 bits per heavy atom. The maximum Gasteiger partial charge on any atom is 0.257 e. The van der Waals surface area contributed by atoms with Gasteiger partial charge in [0.2, 0.25) is 0 Å². The van der Waals surface area contributed by atoms with Crippen molar-refractivity contribution < 1.29 is 19.0 Å². The van der Waals surface area contributed by atoms with Crippen LogP contribution in [-0.4, -0.2) is 38.0 Å². The summed E-state index contributed by atoms with van der Waals surface area (Å²) in [7, 11) is 1.62. The quantitative estimate of drug-likeness (QED) is 0.312. The molecule has 7 heteroatoms. The maximum absolute atomic E-state index is 12.4. The molecule has 6 nitrogen and oxygen atoms in total. The van der Waals surface area contributed by atoms with Gasteiger partial charge in [-0.1, -0.05) is 30.3 Å². The minimum Gasteiger partial charge on any atom is -0.494 e. The number of carbonyl (C=O) groups is 1. The Labute approximate surface area is 199 Å². The molecule has 0 atom stereocenters. The summed E-state index contributed by atoms with van der Waals surface area (Å²) in [6.45, 7) is 1.60. The molecule has 0 aliphatic carbocycles. The smallest absolute Gasteiger partial charge is 0.257 e. The fourth-order valence-electron chi connectivity index (χ4n) is 3.03. The van der Waals surface area contributed by atoms with Crippen LogP contribution in [0.15, 0.2) is 78.9 Å². The Kier molecular flexibility index (Phi) is 9.69. The number of rotatable bonds is 11. The van der Waals surface area contributed by atoms with Crippen molar-refractivity contribution in [3.8, 4) is 11.5 Å². The molecule has 3 aromatic rings. The van der Waals surface area contributed by atoms with E-state index in [9.17, 15) is 4.79 Å². The third-order valence-electron chi connectivity index (χ3n) is 4.73. The van der Waals surface area contributed by atoms with E-state index in [-0.39, 0.29) is 11.0 Å². The molecule has 172 valence electrons. The highest BCUT2D eigenvalue weighted by Gasteiger charge is 2.08. The van der Waals surface area contributed by atoms with Gasteiger partial charge in [0, 0.05) is 18.4 Å². The van der Waals surface area contributed by atoms with Crippen LogP contribution in [0, 0.1) is 0 Å². The first-order valence-corrected chi connectivity index (χ1v) is 11.2. The molecule has 3 rings (SSSR count). The molecule has 0 unspecified atom stereocenters. The number of amides is 1. The van der Waals surface area contributed by atoms with E-state index >= 15 is 0 Å². The largest absolute Gasteiger partial charge is 0.494 e. The SMILES string of the molecule is COCCOc1ccc(C(=O)NC(=S)Nc2ccc(OCCCc3ccccc3)cc2)cc1. The van der Waals surface area contributed by atoms with E-state index in [0.29, 0.717) is 31.1 Å². The summed E-state index contributed by atoms with van der Waals surface area (Å²) >= 11 is 5.26. The van der Waals surface area contributed by atoms with Crippen LogP contribution in [0.25, 0.3) is 0 Å². The first-order chi connectivity index (χ1) is 16.1. The summed E-state index contributed by atoms with van der Waals surface area (Å²) in [6, 6.07) is 24.7. The second kappa shape index (κ2) is 13.2. The monoisotopic (exact) mass is 464 g/mol. The lowest BCUT2D eigenvalue weighted by molar-refractivity contribution is 0.0977. The Bertz CT molecular complexity index is 1010. The van der Waals surface area contributed by atoms with Gasteiger partial charge < -0.3 is 19.5 Å². The first-order valence-electron chi connectivity index (χ1n) is 10.7. The fourth-order valence-corrected chi connectivity index (χ4v) is 3.24. The van der Waals surface area contributed by atoms with E-state index in [4.69, 9.17) is 26.4 Å². The molecule has 0 heterocycles. The molecule has 0 saturated heterocycles. The summed E-state index contributed by atoms with van der Waals surface area (Å²) < 4.78 is 16.2. The second-order valence-electron chi connectivity index (χ2n) is 7.24. The number of nitrogens with one attached hydrogen (secondary N) is 2. The zero-order chi connectivity index (χ0) is 23.3. The molecule has 0 radical (unpaired) electrons. The molecule has 0 saturated carbocycles. The van der Waals surface area contributed by atoms with Gasteiger partial charge in [-0.3, -0.25) is 10.1 Å². The van der Waals surface area contributed by atoms with Gasteiger partial charge in [0.25, 0.3) is 5.91 Å². The number of methoxy groups -OCH3 is 1. The molecule has 0 spiro atoms. The van der Waals surface area contributed by atoms with Gasteiger partial charge in [-0.15, -0.1) is 0 Å². The Morgan fingerprint density at radius 3 is 2.12 bits per heavy atom. The zero-order valence-corrected chi connectivity index (χ0v) is 19.4. The van der Waals surface area contributed by atoms with Crippen LogP contribution in [0.2, 0.25) is 0 Å². The number of anilines is 1. The van der Waals surface area contributed by atoms with Crippen LogP contribution in [-0.2, 0) is 11.2 Å². The van der Waals surface area contributed by atoms with E-state index in [0.717, 1.165) is 24.3 Å². The summed E-state index contributed by atoms with van der Waals surface area (Å²) in [6.07, 6.45) is 1.93. The zero-order valence-electron chi connectivity index (χ0n) is 18.6. The van der Waals surface area contributed by atoms with Crippen LogP contribution in [0.4, 0.5) is 5.69 Å². The molecule has 0 fully saturated rings. The normalized spacial score (nSPS) is 10.3. The topological polar surface area (TPSA) is 68.8 Å². The lowest BCUT2D eigenvalue weighted by atomic mass is 10.1. The van der Waals surface area contributed by atoms with E-state index in [2.05, 4.69) is 22.8 Å². The van der Waals surface area contributed by atoms with Crippen LogP contribution in [0.1, 0.15) is 22.3 Å². The standard InChI is InChI=1S/C26H28N2O4S/c1-30-18-19-32-23-13-9-21(10-14-23)25(29)28-26(33)27-22-11-15-24(16-12-22)31-17-5-8-20-6-3-2-4-7-20/h2-4,6-7,9-16H,5,8,17-19H2,1H3,(H2,27,28,29,33). The third-order valence-corrected chi connectivity index (χ3v) is 4.94. The fraction of sp³-hybridized carbons (Fsp3) is 0.231. The van der Waals surface area contributed by atoms with Gasteiger partial charge in [0.05, 0.1) is 13.2 Å². The lowest BCUT2D eigenvalue weighted by Crippen LogP contribution is -2.34. The molecule has 33 heavy (non-hydrogen) atoms. The minimum absolute atomic E-state index is 0.219. The molecule has 0 aromatic heterocycles. The van der Waals surface area contributed by atoms with Crippen LogP contribution >= 0.6 is 12.2 Å². The van der Waals surface area contributed by atoms with Gasteiger partial charge in [0.15, 0.2) is 5.11 Å². The Balaban J connectivity index is 1.39. The van der Waals surface area contributed by atoms with Crippen molar-refractivity contribution in [1.82, 2.24) is 5.32 Å². The summed E-state index contributed by atoms with van der Waals surface area (Å²) in [5.41, 5.74) is 2.55. The van der Waals surface area contributed by atoms with Crippen molar-refractivity contribution >= 4 is 28.9 Å². The summed E-state index contributed by atoms with van der Waals surface area (Å²) in [5, 5.41) is 5.91. The van der Waals surface area contributed by atoms with Crippen molar-refractivity contribution in [2.75, 3.05) is 32.2 Å². The number of carbonyl (C=O) groups excluding carboxylic acids is 1. The third kappa shape index (κ3) is 8.56. The average Bonchev–Trinajstić information content (AvgIpc) is 2.84. The van der Waals surface area contributed by atoms with Crippen molar-refractivity contribution in [1.29, 1.82) is 0 Å². The number of benzene rings is 3. The highest BCUT2D eigenvalue weighted by Crippen LogP contribution is 2.16. The number of hydrogen-bond acceptors (Lipinski definition) is 5. The highest BCUT2D eigenvalue weighted by molar-refractivity contribution is 7.80. The van der Waals surface area contributed by atoms with Gasteiger partial charge in [-0.05, 0) is 79.2 Å². The lowest BCUT2D eigenvalue weighted by Gasteiger charge is -2.11. The molecular weight excluding hydrogens is 436 g/mol. The van der Waals surface area contributed by atoms with E-state index < -0.39 is 0 Å². The molecule has 3 aromatic carbocycles. The molecule has 0 aliphatic heterocycles. The average molecular weight is 465 g/mol. The molecule has 1 amide bonds. The Morgan fingerprint density at radius 2 is 1.45 bits per heavy atom. The van der Waals surface area contributed by atoms with Crippen molar-refractivity contribution in [2.24, 2.45) is 0 Å². The van der Waals surface area contributed by atoms with Crippen molar-refractivity contribution in [2.45, 2.75) is 12.8 Å². The minimum atomic E-state index is -0.297. The van der Waals surface area contributed by atoms with Crippen molar-refractivity contribution in [3.05, 3.63) is 90.0 Å². The summed E-state index contributed by atoms with van der Waals surface area (Å²) in [5.74, 6) is 1.16. The Hall–Kier alpha value is -3.42. The predicted molar refractivity (Wildman–Crippen MR) is 134 cm³/mol. The maximum atomic E-state index is 12.4. The molecule has 0 bridgehead atoms. The van der Waals surface area contributed by atoms with Gasteiger partial charge in [0.1, 0.15) is 18.1 Å². The van der Waals surface area contributed by atoms with Gasteiger partial charge >= 0.3 is 0 Å². The molecule has 0 aliphatic rings. The van der Waals surface area contributed by atoms with Crippen molar-refractivity contribution in [3.63, 3.8) is 0 Å². The van der Waals surface area contributed by atoms with Crippen LogP contribution in [0.3, 0.4) is 0 Å². The van der Waals surface area contributed by atoms with E-state index in [1.54, 1.807) is 31.4 Å². The number of thiocarbonyl (C=S) groups is 1. The number of hydrogen-bond donors (Lipinski definition) is 2.